The Morgan fingerprint density at radius 2 is 2.11 bits per heavy atom. The van der Waals surface area contributed by atoms with Gasteiger partial charge in [-0.25, -0.2) is 8.78 Å². The summed E-state index contributed by atoms with van der Waals surface area (Å²) in [6, 6.07) is 4.28. The van der Waals surface area contributed by atoms with Crippen LogP contribution in [0.5, 0.6) is 5.75 Å². The third-order valence-corrected chi connectivity index (χ3v) is 2.31. The number of halogens is 4. The summed E-state index contributed by atoms with van der Waals surface area (Å²) in [6.45, 7) is 0.283. The van der Waals surface area contributed by atoms with Crippen molar-refractivity contribution in [1.82, 2.24) is 0 Å². The summed E-state index contributed by atoms with van der Waals surface area (Å²) in [7, 11) is 0. The first-order valence-electron chi connectivity index (χ1n) is 5.18. The number of nitrogens with two attached hydrogens (primary N) is 1. The first-order chi connectivity index (χ1) is 8.72. The highest BCUT2D eigenvalue weighted by Crippen LogP contribution is 2.26. The Kier molecular flexibility index (Phi) is 4.93. The molecule has 0 radical (unpaired) electrons. The highest BCUT2D eigenvalue weighted by atomic mass is 32.1. The lowest BCUT2D eigenvalue weighted by Gasteiger charge is -2.16. The molecule has 0 bridgehead atoms. The number of rotatable bonds is 5. The largest absolute Gasteiger partial charge is 0.487 e. The fraction of sp³-hybridized carbons (Fsp3) is 0.364. The van der Waals surface area contributed by atoms with E-state index >= 15 is 0 Å². The predicted octanol–water partition coefficient (Wildman–Crippen LogP) is 2.93. The van der Waals surface area contributed by atoms with Gasteiger partial charge >= 0.3 is 12.3 Å². The molecule has 0 atom stereocenters. The van der Waals surface area contributed by atoms with Crippen LogP contribution >= 0.6 is 12.2 Å². The zero-order valence-electron chi connectivity index (χ0n) is 9.92. The molecule has 0 aliphatic heterocycles. The lowest BCUT2D eigenvalue weighted by molar-refractivity contribution is -0.148. The maximum absolute atomic E-state index is 12.7. The molecule has 0 fully saturated rings. The van der Waals surface area contributed by atoms with E-state index in [0.717, 1.165) is 0 Å². The average Bonchev–Trinajstić information content (AvgIpc) is 2.29. The second kappa shape index (κ2) is 6.05. The maximum atomic E-state index is 12.7. The topological polar surface area (TPSA) is 47.3 Å². The van der Waals surface area contributed by atoms with Crippen LogP contribution in [0, 0.1) is 6.92 Å². The van der Waals surface area contributed by atoms with E-state index in [1.807, 2.05) is 0 Å². The number of anilines is 1. The van der Waals surface area contributed by atoms with Crippen LogP contribution in [0.1, 0.15) is 5.56 Å². The van der Waals surface area contributed by atoms with Gasteiger partial charge in [-0.1, -0.05) is 0 Å². The van der Waals surface area contributed by atoms with E-state index in [1.165, 1.54) is 18.2 Å². The molecule has 0 saturated heterocycles. The summed E-state index contributed by atoms with van der Waals surface area (Å²) < 4.78 is 53.8. The molecule has 106 valence electrons. The summed E-state index contributed by atoms with van der Waals surface area (Å²) in [5.74, 6) is -4.12. The number of hydrogen-bond acceptors (Lipinski definition) is 2. The molecule has 8 heteroatoms. The van der Waals surface area contributed by atoms with E-state index in [0.29, 0.717) is 11.3 Å². The first-order valence-corrected chi connectivity index (χ1v) is 5.59. The summed E-state index contributed by atoms with van der Waals surface area (Å²) in [6.07, 6.45) is -3.76. The van der Waals surface area contributed by atoms with E-state index in [2.05, 4.69) is 22.3 Å². The van der Waals surface area contributed by atoms with Crippen molar-refractivity contribution in [3.05, 3.63) is 23.8 Å². The Morgan fingerprint density at radius 1 is 1.47 bits per heavy atom. The number of benzene rings is 1. The van der Waals surface area contributed by atoms with Crippen LogP contribution < -0.4 is 15.8 Å². The third-order valence-electron chi connectivity index (χ3n) is 2.21. The zero-order valence-corrected chi connectivity index (χ0v) is 10.7. The van der Waals surface area contributed by atoms with E-state index in [-0.39, 0.29) is 10.9 Å². The first kappa shape index (κ1) is 15.5. The van der Waals surface area contributed by atoms with Crippen molar-refractivity contribution in [2.24, 2.45) is 5.73 Å². The number of ether oxygens (including phenoxy) is 1. The summed E-state index contributed by atoms with van der Waals surface area (Å²) in [5, 5.41) is 2.73. The van der Waals surface area contributed by atoms with Gasteiger partial charge < -0.3 is 15.8 Å². The van der Waals surface area contributed by atoms with Crippen molar-refractivity contribution in [2.75, 3.05) is 11.9 Å². The smallest absolute Gasteiger partial charge is 0.340 e. The lowest BCUT2D eigenvalue weighted by Crippen LogP contribution is -2.33. The highest BCUT2D eigenvalue weighted by molar-refractivity contribution is 7.80. The van der Waals surface area contributed by atoms with E-state index in [1.54, 1.807) is 6.92 Å². The van der Waals surface area contributed by atoms with E-state index < -0.39 is 19.0 Å². The molecule has 19 heavy (non-hydrogen) atoms. The Morgan fingerprint density at radius 3 is 2.58 bits per heavy atom. The van der Waals surface area contributed by atoms with Gasteiger partial charge in [0.2, 0.25) is 0 Å². The molecule has 1 rings (SSSR count). The monoisotopic (exact) mass is 296 g/mol. The lowest BCUT2D eigenvalue weighted by atomic mass is 10.2. The Labute approximate surface area is 112 Å². The van der Waals surface area contributed by atoms with Gasteiger partial charge in [0.15, 0.2) is 11.7 Å². The molecule has 1 aromatic rings. The minimum absolute atomic E-state index is 0.0565. The van der Waals surface area contributed by atoms with Gasteiger partial charge in [-0.15, -0.1) is 0 Å². The fourth-order valence-corrected chi connectivity index (χ4v) is 1.35. The standard InChI is InChI=1S/C11H12F4N2OS/c1-6-4-7(2-3-8(6)17-10(16)19)18-5-11(14,15)9(12)13/h2-4,9H,5H2,1H3,(H3,16,17,19). The van der Waals surface area contributed by atoms with Crippen molar-refractivity contribution in [3.63, 3.8) is 0 Å². The Bertz CT molecular complexity index is 468. The maximum Gasteiger partial charge on any atom is 0.340 e. The number of aryl methyl sites for hydroxylation is 1. The SMILES string of the molecule is Cc1cc(OCC(F)(F)C(F)F)ccc1NC(N)=S. The molecule has 0 aliphatic rings. The van der Waals surface area contributed by atoms with Crippen molar-refractivity contribution in [3.8, 4) is 5.75 Å². The molecule has 3 N–H and O–H groups in total. The highest BCUT2D eigenvalue weighted by Gasteiger charge is 2.41. The second-order valence-corrected chi connectivity index (χ2v) is 4.26. The van der Waals surface area contributed by atoms with Gasteiger partial charge in [-0.05, 0) is 42.9 Å². The van der Waals surface area contributed by atoms with Crippen LogP contribution in [-0.2, 0) is 0 Å². The average molecular weight is 296 g/mol. The second-order valence-electron chi connectivity index (χ2n) is 3.82. The van der Waals surface area contributed by atoms with Crippen LogP contribution in [0.4, 0.5) is 23.2 Å². The number of nitrogens with one attached hydrogen (secondary N) is 1. The summed E-state index contributed by atoms with van der Waals surface area (Å²) in [5.41, 5.74) is 6.50. The van der Waals surface area contributed by atoms with Crippen molar-refractivity contribution in [2.45, 2.75) is 19.3 Å². The fourth-order valence-electron chi connectivity index (χ4n) is 1.24. The van der Waals surface area contributed by atoms with Crippen molar-refractivity contribution < 1.29 is 22.3 Å². The van der Waals surface area contributed by atoms with Crippen molar-refractivity contribution >= 4 is 23.0 Å². The number of alkyl halides is 4. The van der Waals surface area contributed by atoms with Gasteiger partial charge in [0.25, 0.3) is 0 Å². The molecule has 0 spiro atoms. The summed E-state index contributed by atoms with van der Waals surface area (Å²) in [4.78, 5) is 0. The number of hydrogen-bond donors (Lipinski definition) is 2. The number of thiocarbonyl (C=S) groups is 1. The molecule has 0 aliphatic carbocycles. The molecule has 0 amide bonds. The predicted molar refractivity (Wildman–Crippen MR) is 68.0 cm³/mol. The minimum Gasteiger partial charge on any atom is -0.487 e. The van der Waals surface area contributed by atoms with Crippen LogP contribution in [0.25, 0.3) is 0 Å². The summed E-state index contributed by atoms with van der Waals surface area (Å²) >= 11 is 4.65. The Balaban J connectivity index is 2.71. The van der Waals surface area contributed by atoms with Gasteiger partial charge in [0.05, 0.1) is 0 Å². The quantitative estimate of drug-likeness (QED) is 0.648. The van der Waals surface area contributed by atoms with Crippen LogP contribution in [0.2, 0.25) is 0 Å². The van der Waals surface area contributed by atoms with Gasteiger partial charge in [0, 0.05) is 5.69 Å². The van der Waals surface area contributed by atoms with Crippen LogP contribution in [0.15, 0.2) is 18.2 Å². The molecular formula is C11H12F4N2OS. The zero-order chi connectivity index (χ0) is 14.6. The molecule has 0 unspecified atom stereocenters. The third kappa shape index (κ3) is 4.55. The van der Waals surface area contributed by atoms with E-state index in [9.17, 15) is 17.6 Å². The molecule has 0 heterocycles. The van der Waals surface area contributed by atoms with Crippen molar-refractivity contribution in [1.29, 1.82) is 0 Å². The van der Waals surface area contributed by atoms with Crippen LogP contribution in [-0.4, -0.2) is 24.1 Å². The van der Waals surface area contributed by atoms with Gasteiger partial charge in [-0.3, -0.25) is 0 Å². The Hall–Kier alpha value is -1.57. The van der Waals surface area contributed by atoms with E-state index in [4.69, 9.17) is 5.73 Å². The van der Waals surface area contributed by atoms with Gasteiger partial charge in [-0.2, -0.15) is 8.78 Å². The molecule has 3 nitrogen and oxygen atoms in total. The molecule has 0 aromatic heterocycles. The molecule has 0 saturated carbocycles. The normalized spacial score (nSPS) is 11.5. The molecular weight excluding hydrogens is 284 g/mol. The minimum atomic E-state index is -4.18. The molecule has 1 aromatic carbocycles. The van der Waals surface area contributed by atoms with Crippen LogP contribution in [0.3, 0.4) is 0 Å². The van der Waals surface area contributed by atoms with Gasteiger partial charge in [0.1, 0.15) is 5.75 Å².